The number of aldehydes is 1. The first-order valence-electron chi connectivity index (χ1n) is 3.35. The Bertz CT molecular complexity index is 71.3. The largest absolute Gasteiger partial charge is 0.396 e. The lowest BCUT2D eigenvalue weighted by molar-refractivity contribution is -0.108. The van der Waals surface area contributed by atoms with Crippen LogP contribution in [0, 0.1) is 5.92 Å². The Morgan fingerprint density at radius 3 is 2.67 bits per heavy atom. The topological polar surface area (TPSA) is 37.3 Å². The van der Waals surface area contributed by atoms with Crippen molar-refractivity contribution < 1.29 is 9.90 Å². The van der Waals surface area contributed by atoms with Crippen LogP contribution in [-0.2, 0) is 4.79 Å². The third kappa shape index (κ3) is 5.50. The normalized spacial score (nSPS) is 13.1. The van der Waals surface area contributed by atoms with Crippen LogP contribution < -0.4 is 0 Å². The molecular weight excluding hydrogens is 116 g/mol. The van der Waals surface area contributed by atoms with Gasteiger partial charge in [0.1, 0.15) is 6.29 Å². The van der Waals surface area contributed by atoms with Crippen LogP contribution in [0.3, 0.4) is 0 Å². The van der Waals surface area contributed by atoms with Crippen LogP contribution in [0.5, 0.6) is 0 Å². The SMILES string of the molecule is C[C@H](CCO)CCC=O. The summed E-state index contributed by atoms with van der Waals surface area (Å²) in [5, 5.41) is 8.45. The van der Waals surface area contributed by atoms with Gasteiger partial charge in [0, 0.05) is 13.0 Å². The second kappa shape index (κ2) is 5.76. The zero-order valence-corrected chi connectivity index (χ0v) is 5.84. The molecule has 0 saturated carbocycles. The Morgan fingerprint density at radius 1 is 1.56 bits per heavy atom. The van der Waals surface area contributed by atoms with E-state index >= 15 is 0 Å². The first-order valence-corrected chi connectivity index (χ1v) is 3.35. The van der Waals surface area contributed by atoms with Gasteiger partial charge in [-0.15, -0.1) is 0 Å². The molecule has 0 spiro atoms. The monoisotopic (exact) mass is 130 g/mol. The van der Waals surface area contributed by atoms with Gasteiger partial charge in [0.2, 0.25) is 0 Å². The number of aliphatic hydroxyl groups excluding tert-OH is 1. The van der Waals surface area contributed by atoms with E-state index in [1.807, 2.05) is 6.92 Å². The van der Waals surface area contributed by atoms with Crippen molar-refractivity contribution in [3.8, 4) is 0 Å². The zero-order valence-electron chi connectivity index (χ0n) is 5.84. The molecule has 0 aliphatic rings. The second-order valence-corrected chi connectivity index (χ2v) is 2.36. The summed E-state index contributed by atoms with van der Waals surface area (Å²) in [7, 11) is 0. The molecule has 0 aliphatic carbocycles. The quantitative estimate of drug-likeness (QED) is 0.563. The molecular formula is C7H14O2. The predicted molar refractivity (Wildman–Crippen MR) is 36.2 cm³/mol. The van der Waals surface area contributed by atoms with Gasteiger partial charge in [-0.2, -0.15) is 0 Å². The molecule has 2 heteroatoms. The summed E-state index contributed by atoms with van der Waals surface area (Å²) in [6, 6.07) is 0. The third-order valence-corrected chi connectivity index (χ3v) is 1.40. The first kappa shape index (κ1) is 8.63. The van der Waals surface area contributed by atoms with Gasteiger partial charge in [-0.1, -0.05) is 6.92 Å². The van der Waals surface area contributed by atoms with Crippen molar-refractivity contribution in [1.82, 2.24) is 0 Å². The highest BCUT2D eigenvalue weighted by molar-refractivity contribution is 5.49. The van der Waals surface area contributed by atoms with Crippen LogP contribution in [0.2, 0.25) is 0 Å². The maximum absolute atomic E-state index is 9.85. The van der Waals surface area contributed by atoms with Crippen LogP contribution in [0.4, 0.5) is 0 Å². The Balaban J connectivity index is 3.04. The maximum atomic E-state index is 9.85. The summed E-state index contributed by atoms with van der Waals surface area (Å²) in [6.07, 6.45) is 3.27. The van der Waals surface area contributed by atoms with E-state index in [2.05, 4.69) is 0 Å². The minimum Gasteiger partial charge on any atom is -0.396 e. The number of hydrogen-bond donors (Lipinski definition) is 1. The summed E-state index contributed by atoms with van der Waals surface area (Å²) in [5.74, 6) is 0.486. The van der Waals surface area contributed by atoms with Crippen molar-refractivity contribution >= 4 is 6.29 Å². The maximum Gasteiger partial charge on any atom is 0.120 e. The molecule has 1 N–H and O–H groups in total. The molecule has 0 radical (unpaired) electrons. The number of carbonyl (C=O) groups is 1. The van der Waals surface area contributed by atoms with Gasteiger partial charge in [0.05, 0.1) is 0 Å². The van der Waals surface area contributed by atoms with Crippen molar-refractivity contribution in [2.24, 2.45) is 5.92 Å². The molecule has 54 valence electrons. The van der Waals surface area contributed by atoms with Gasteiger partial charge < -0.3 is 9.90 Å². The van der Waals surface area contributed by atoms with Crippen molar-refractivity contribution in [2.45, 2.75) is 26.2 Å². The molecule has 0 aromatic rings. The molecule has 0 aliphatic heterocycles. The summed E-state index contributed by atoms with van der Waals surface area (Å²) in [5.41, 5.74) is 0. The smallest absolute Gasteiger partial charge is 0.120 e. The Hall–Kier alpha value is -0.370. The number of carbonyl (C=O) groups excluding carboxylic acids is 1. The zero-order chi connectivity index (χ0) is 7.11. The molecule has 0 bridgehead atoms. The molecule has 9 heavy (non-hydrogen) atoms. The number of aliphatic hydroxyl groups is 1. The van der Waals surface area contributed by atoms with Crippen LogP contribution in [0.25, 0.3) is 0 Å². The average molecular weight is 130 g/mol. The predicted octanol–water partition coefficient (Wildman–Crippen LogP) is 0.984. The van der Waals surface area contributed by atoms with Crippen LogP contribution in [-0.4, -0.2) is 18.0 Å². The van der Waals surface area contributed by atoms with Gasteiger partial charge in [0.25, 0.3) is 0 Å². The summed E-state index contributed by atoms with van der Waals surface area (Å²) < 4.78 is 0. The molecule has 0 amide bonds. The average Bonchev–Trinajstić information content (AvgIpc) is 1.85. The molecule has 0 saturated heterocycles. The Labute approximate surface area is 55.9 Å². The lowest BCUT2D eigenvalue weighted by Gasteiger charge is -2.04. The number of rotatable bonds is 5. The first-order chi connectivity index (χ1) is 4.31. The summed E-state index contributed by atoms with van der Waals surface area (Å²) >= 11 is 0. The van der Waals surface area contributed by atoms with E-state index in [0.717, 1.165) is 19.1 Å². The summed E-state index contributed by atoms with van der Waals surface area (Å²) in [4.78, 5) is 9.85. The molecule has 0 aromatic carbocycles. The van der Waals surface area contributed by atoms with Crippen LogP contribution in [0.15, 0.2) is 0 Å². The van der Waals surface area contributed by atoms with E-state index in [9.17, 15) is 4.79 Å². The van der Waals surface area contributed by atoms with E-state index in [0.29, 0.717) is 12.3 Å². The summed E-state index contributed by atoms with van der Waals surface area (Å²) in [6.45, 7) is 2.28. The van der Waals surface area contributed by atoms with E-state index in [-0.39, 0.29) is 6.61 Å². The van der Waals surface area contributed by atoms with E-state index < -0.39 is 0 Å². The highest BCUT2D eigenvalue weighted by Gasteiger charge is 1.98. The van der Waals surface area contributed by atoms with Crippen LogP contribution >= 0.6 is 0 Å². The van der Waals surface area contributed by atoms with Gasteiger partial charge in [-0.3, -0.25) is 0 Å². The Kier molecular flexibility index (Phi) is 5.52. The van der Waals surface area contributed by atoms with E-state index in [1.54, 1.807) is 0 Å². The van der Waals surface area contributed by atoms with E-state index in [4.69, 9.17) is 5.11 Å². The van der Waals surface area contributed by atoms with Gasteiger partial charge in [-0.25, -0.2) is 0 Å². The lowest BCUT2D eigenvalue weighted by Crippen LogP contribution is -1.97. The van der Waals surface area contributed by atoms with Gasteiger partial charge >= 0.3 is 0 Å². The lowest BCUT2D eigenvalue weighted by atomic mass is 10.0. The molecule has 0 aromatic heterocycles. The van der Waals surface area contributed by atoms with Crippen LogP contribution in [0.1, 0.15) is 26.2 Å². The molecule has 0 fully saturated rings. The standard InChI is InChI=1S/C7H14O2/c1-7(4-6-9)3-2-5-8/h5,7,9H,2-4,6H2,1H3/t7-/m0/s1. The number of hydrogen-bond acceptors (Lipinski definition) is 2. The van der Waals surface area contributed by atoms with Crippen molar-refractivity contribution in [3.63, 3.8) is 0 Å². The third-order valence-electron chi connectivity index (χ3n) is 1.40. The van der Waals surface area contributed by atoms with Crippen molar-refractivity contribution in [1.29, 1.82) is 0 Å². The van der Waals surface area contributed by atoms with Gasteiger partial charge in [0.15, 0.2) is 0 Å². The highest BCUT2D eigenvalue weighted by atomic mass is 16.3. The molecule has 1 atom stereocenters. The highest BCUT2D eigenvalue weighted by Crippen LogP contribution is 2.07. The van der Waals surface area contributed by atoms with Crippen molar-refractivity contribution in [3.05, 3.63) is 0 Å². The van der Waals surface area contributed by atoms with E-state index in [1.165, 1.54) is 0 Å². The molecule has 0 rings (SSSR count). The fourth-order valence-corrected chi connectivity index (χ4v) is 0.717. The fraction of sp³-hybridized carbons (Fsp3) is 0.857. The van der Waals surface area contributed by atoms with Crippen molar-refractivity contribution in [2.75, 3.05) is 6.61 Å². The fourth-order valence-electron chi connectivity index (χ4n) is 0.717. The minimum absolute atomic E-state index is 0.236. The minimum atomic E-state index is 0.236. The molecule has 0 unspecified atom stereocenters. The van der Waals surface area contributed by atoms with Gasteiger partial charge in [-0.05, 0) is 18.8 Å². The Morgan fingerprint density at radius 2 is 2.22 bits per heavy atom. The molecule has 2 nitrogen and oxygen atoms in total. The second-order valence-electron chi connectivity index (χ2n) is 2.36. The molecule has 0 heterocycles.